The molecule has 1 aliphatic rings. The second-order valence-electron chi connectivity index (χ2n) is 4.27. The number of fused-ring (bicyclic) bond motifs is 1. The number of hydrogen-bond acceptors (Lipinski definition) is 2. The number of nitrogens with one attached hydrogen (secondary N) is 1. The number of H-pyrrole nitrogens is 1. The third-order valence-corrected chi connectivity index (χ3v) is 4.20. The Morgan fingerprint density at radius 3 is 2.65 bits per heavy atom. The standard InChI is InChI=1S/C14H6BrCl2NO2/c15-6-1-2-7-8(5-18-10(7)3-6)12-13(17)11(19)4-9(16)14(12)20/h1-5,18H. The lowest BCUT2D eigenvalue weighted by atomic mass is 9.95. The molecule has 0 radical (unpaired) electrons. The Morgan fingerprint density at radius 2 is 1.90 bits per heavy atom. The van der Waals surface area contributed by atoms with E-state index in [-0.39, 0.29) is 15.6 Å². The highest BCUT2D eigenvalue weighted by atomic mass is 79.9. The van der Waals surface area contributed by atoms with Crippen molar-refractivity contribution >= 4 is 67.2 Å². The zero-order valence-electron chi connectivity index (χ0n) is 9.84. The molecule has 0 amide bonds. The number of benzene rings is 1. The molecule has 3 rings (SSSR count). The first-order chi connectivity index (χ1) is 9.49. The Bertz CT molecular complexity index is 833. The molecule has 0 atom stereocenters. The van der Waals surface area contributed by atoms with Crippen molar-refractivity contribution in [2.24, 2.45) is 0 Å². The molecule has 0 spiro atoms. The number of hydrogen-bond donors (Lipinski definition) is 1. The van der Waals surface area contributed by atoms with Gasteiger partial charge in [0, 0.05) is 33.2 Å². The summed E-state index contributed by atoms with van der Waals surface area (Å²) in [6.07, 6.45) is 2.69. The molecule has 2 aromatic rings. The fourth-order valence-corrected chi connectivity index (χ4v) is 2.93. The number of halogens is 3. The minimum absolute atomic E-state index is 0.108. The van der Waals surface area contributed by atoms with Crippen molar-refractivity contribution in [1.29, 1.82) is 0 Å². The van der Waals surface area contributed by atoms with Gasteiger partial charge in [0.2, 0.25) is 5.78 Å². The Labute approximate surface area is 132 Å². The van der Waals surface area contributed by atoms with E-state index in [2.05, 4.69) is 20.9 Å². The average molecular weight is 371 g/mol. The van der Waals surface area contributed by atoms with Gasteiger partial charge in [0.25, 0.3) is 0 Å². The van der Waals surface area contributed by atoms with Crippen LogP contribution >= 0.6 is 39.1 Å². The summed E-state index contributed by atoms with van der Waals surface area (Å²) in [5, 5.41) is 0.568. The highest BCUT2D eigenvalue weighted by Gasteiger charge is 2.29. The third-order valence-electron chi connectivity index (χ3n) is 3.05. The molecule has 20 heavy (non-hydrogen) atoms. The van der Waals surface area contributed by atoms with Gasteiger partial charge in [-0.3, -0.25) is 9.59 Å². The first-order valence-corrected chi connectivity index (χ1v) is 7.17. The van der Waals surface area contributed by atoms with Gasteiger partial charge in [0.1, 0.15) is 0 Å². The van der Waals surface area contributed by atoms with Crippen LogP contribution in [-0.2, 0) is 9.59 Å². The van der Waals surface area contributed by atoms with Crippen LogP contribution in [0.15, 0.2) is 45.0 Å². The van der Waals surface area contributed by atoms with Crippen LogP contribution in [-0.4, -0.2) is 16.6 Å². The summed E-state index contributed by atoms with van der Waals surface area (Å²) in [7, 11) is 0. The Kier molecular flexibility index (Phi) is 3.32. The van der Waals surface area contributed by atoms with Gasteiger partial charge in [0.15, 0.2) is 5.78 Å². The van der Waals surface area contributed by atoms with Gasteiger partial charge in [0.05, 0.1) is 15.6 Å². The van der Waals surface area contributed by atoms with E-state index in [0.29, 0.717) is 5.56 Å². The topological polar surface area (TPSA) is 49.9 Å². The predicted molar refractivity (Wildman–Crippen MR) is 82.7 cm³/mol. The van der Waals surface area contributed by atoms with Gasteiger partial charge in [-0.05, 0) is 12.1 Å². The molecule has 1 aromatic heterocycles. The summed E-state index contributed by atoms with van der Waals surface area (Å²) in [5.74, 6) is -0.905. The molecule has 0 fully saturated rings. The number of Topliss-reactive ketones (excluding diaryl/α,β-unsaturated/α-hetero) is 1. The van der Waals surface area contributed by atoms with Crippen LogP contribution in [0.2, 0.25) is 0 Å². The lowest BCUT2D eigenvalue weighted by Crippen LogP contribution is -2.13. The predicted octanol–water partition coefficient (Wildman–Crippen LogP) is 4.15. The lowest BCUT2D eigenvalue weighted by molar-refractivity contribution is -0.113. The number of allylic oxidation sites excluding steroid dienone is 4. The van der Waals surface area contributed by atoms with Crippen molar-refractivity contribution in [3.63, 3.8) is 0 Å². The van der Waals surface area contributed by atoms with Gasteiger partial charge in [-0.1, -0.05) is 45.2 Å². The smallest absolute Gasteiger partial charge is 0.206 e. The van der Waals surface area contributed by atoms with Crippen LogP contribution in [0.1, 0.15) is 5.56 Å². The number of carbonyl (C=O) groups is 2. The normalized spacial score (nSPS) is 16.1. The van der Waals surface area contributed by atoms with E-state index in [1.165, 1.54) is 0 Å². The van der Waals surface area contributed by atoms with Gasteiger partial charge in [-0.15, -0.1) is 0 Å². The van der Waals surface area contributed by atoms with E-state index in [9.17, 15) is 9.59 Å². The van der Waals surface area contributed by atoms with Crippen LogP contribution in [0.3, 0.4) is 0 Å². The van der Waals surface area contributed by atoms with Crippen molar-refractivity contribution in [2.75, 3.05) is 0 Å². The minimum Gasteiger partial charge on any atom is -0.361 e. The molecule has 1 heterocycles. The zero-order chi connectivity index (χ0) is 14.4. The number of ketones is 2. The largest absolute Gasteiger partial charge is 0.361 e. The van der Waals surface area contributed by atoms with Crippen LogP contribution in [0.5, 0.6) is 0 Å². The summed E-state index contributed by atoms with van der Waals surface area (Å²) >= 11 is 15.2. The molecular formula is C14H6BrCl2NO2. The van der Waals surface area contributed by atoms with Gasteiger partial charge in [-0.25, -0.2) is 0 Å². The molecule has 1 aliphatic carbocycles. The molecule has 0 saturated carbocycles. The molecule has 0 aliphatic heterocycles. The number of aromatic amines is 1. The molecule has 3 nitrogen and oxygen atoms in total. The van der Waals surface area contributed by atoms with Crippen LogP contribution in [0.25, 0.3) is 16.5 Å². The van der Waals surface area contributed by atoms with Crippen molar-refractivity contribution in [1.82, 2.24) is 4.98 Å². The minimum atomic E-state index is -0.460. The maximum absolute atomic E-state index is 12.2. The summed E-state index contributed by atoms with van der Waals surface area (Å²) in [4.78, 5) is 26.9. The maximum atomic E-state index is 12.2. The van der Waals surface area contributed by atoms with E-state index in [4.69, 9.17) is 23.2 Å². The van der Waals surface area contributed by atoms with Crippen molar-refractivity contribution in [3.8, 4) is 0 Å². The van der Waals surface area contributed by atoms with Crippen molar-refractivity contribution in [3.05, 3.63) is 50.6 Å². The third kappa shape index (κ3) is 2.04. The van der Waals surface area contributed by atoms with E-state index < -0.39 is 11.6 Å². The lowest BCUT2D eigenvalue weighted by Gasteiger charge is -2.11. The van der Waals surface area contributed by atoms with Gasteiger partial charge >= 0.3 is 0 Å². The summed E-state index contributed by atoms with van der Waals surface area (Å²) in [6, 6.07) is 5.56. The molecule has 0 bridgehead atoms. The molecule has 6 heteroatoms. The highest BCUT2D eigenvalue weighted by Crippen LogP contribution is 2.35. The second-order valence-corrected chi connectivity index (χ2v) is 5.97. The average Bonchev–Trinajstić information content (AvgIpc) is 2.80. The molecule has 1 N–H and O–H groups in total. The summed E-state index contributed by atoms with van der Waals surface area (Å²) in [6.45, 7) is 0. The molecule has 0 unspecified atom stereocenters. The van der Waals surface area contributed by atoms with E-state index >= 15 is 0 Å². The van der Waals surface area contributed by atoms with Gasteiger partial charge < -0.3 is 4.98 Å². The summed E-state index contributed by atoms with van der Waals surface area (Å²) < 4.78 is 0.905. The SMILES string of the molecule is O=C1C=C(Cl)C(=O)C(c2c[nH]c3cc(Br)ccc23)=C1Cl. The number of rotatable bonds is 1. The monoisotopic (exact) mass is 369 g/mol. The van der Waals surface area contributed by atoms with E-state index in [0.717, 1.165) is 21.5 Å². The number of carbonyl (C=O) groups excluding carboxylic acids is 2. The van der Waals surface area contributed by atoms with E-state index in [1.807, 2.05) is 18.2 Å². The molecule has 0 saturated heterocycles. The Hall–Kier alpha value is -1.36. The van der Waals surface area contributed by atoms with Gasteiger partial charge in [-0.2, -0.15) is 0 Å². The van der Waals surface area contributed by atoms with Crippen molar-refractivity contribution < 1.29 is 9.59 Å². The fourth-order valence-electron chi connectivity index (χ4n) is 2.13. The Balaban J connectivity index is 2.27. The Morgan fingerprint density at radius 1 is 1.15 bits per heavy atom. The summed E-state index contributed by atoms with van der Waals surface area (Å²) in [5.41, 5.74) is 1.54. The highest BCUT2D eigenvalue weighted by molar-refractivity contribution is 9.10. The second kappa shape index (κ2) is 4.88. The fraction of sp³-hybridized carbons (Fsp3) is 0. The van der Waals surface area contributed by atoms with Crippen LogP contribution < -0.4 is 0 Å². The number of aromatic nitrogens is 1. The first kappa shape index (κ1) is 13.6. The zero-order valence-corrected chi connectivity index (χ0v) is 12.9. The van der Waals surface area contributed by atoms with Crippen molar-refractivity contribution in [2.45, 2.75) is 0 Å². The van der Waals surface area contributed by atoms with E-state index in [1.54, 1.807) is 6.20 Å². The first-order valence-electron chi connectivity index (χ1n) is 5.62. The molecule has 1 aromatic carbocycles. The molecule has 100 valence electrons. The maximum Gasteiger partial charge on any atom is 0.206 e. The quantitative estimate of drug-likeness (QED) is 0.766. The van der Waals surface area contributed by atoms with Crippen LogP contribution in [0.4, 0.5) is 0 Å². The molecular weight excluding hydrogens is 365 g/mol. The van der Waals surface area contributed by atoms with Crippen LogP contribution in [0, 0.1) is 0 Å².